The Bertz CT molecular complexity index is 609. The second-order valence-electron chi connectivity index (χ2n) is 4.55. The fourth-order valence-electron chi connectivity index (χ4n) is 2.24. The van der Waals surface area contributed by atoms with Crippen LogP contribution in [0.5, 0.6) is 5.75 Å². The molecule has 2 aromatic rings. The monoisotopic (exact) mass is 255 g/mol. The Morgan fingerprint density at radius 1 is 1.11 bits per heavy atom. The number of hydrogen-bond acceptors (Lipinski definition) is 3. The summed E-state index contributed by atoms with van der Waals surface area (Å²) in [5.74, 6) is 0.711. The van der Waals surface area contributed by atoms with Crippen LogP contribution in [0, 0.1) is 13.8 Å². The number of ketones is 1. The van der Waals surface area contributed by atoms with Crippen LogP contribution >= 0.6 is 0 Å². The van der Waals surface area contributed by atoms with Crippen LogP contribution in [0.15, 0.2) is 36.4 Å². The second-order valence-corrected chi connectivity index (χ2v) is 4.55. The van der Waals surface area contributed by atoms with E-state index in [0.717, 1.165) is 16.9 Å². The highest BCUT2D eigenvalue weighted by Gasteiger charge is 2.17. The topological polar surface area (TPSA) is 52.3 Å². The molecule has 2 N–H and O–H groups in total. The van der Waals surface area contributed by atoms with Gasteiger partial charge in [0.1, 0.15) is 5.75 Å². The molecular formula is C16H17NO2. The van der Waals surface area contributed by atoms with Gasteiger partial charge in [-0.3, -0.25) is 4.79 Å². The molecule has 0 saturated heterocycles. The third-order valence-corrected chi connectivity index (χ3v) is 3.17. The van der Waals surface area contributed by atoms with Gasteiger partial charge in [-0.05, 0) is 49.2 Å². The van der Waals surface area contributed by atoms with Crippen molar-refractivity contribution in [3.63, 3.8) is 0 Å². The zero-order chi connectivity index (χ0) is 14.0. The first-order chi connectivity index (χ1) is 9.04. The summed E-state index contributed by atoms with van der Waals surface area (Å²) >= 11 is 0. The summed E-state index contributed by atoms with van der Waals surface area (Å²) in [6, 6.07) is 10.8. The second kappa shape index (κ2) is 5.14. The average Bonchev–Trinajstić information content (AvgIpc) is 2.38. The zero-order valence-corrected chi connectivity index (χ0v) is 11.4. The number of nitrogens with two attached hydrogens (primary N) is 1. The Hall–Kier alpha value is -2.29. The molecule has 0 spiro atoms. The van der Waals surface area contributed by atoms with E-state index in [4.69, 9.17) is 10.5 Å². The number of aryl methyl sites for hydroxylation is 2. The molecule has 0 bridgehead atoms. The molecule has 0 amide bonds. The maximum atomic E-state index is 12.6. The van der Waals surface area contributed by atoms with Gasteiger partial charge in [0.2, 0.25) is 0 Å². The average molecular weight is 255 g/mol. The summed E-state index contributed by atoms with van der Waals surface area (Å²) in [6.45, 7) is 3.81. The maximum absolute atomic E-state index is 12.6. The molecule has 0 atom stereocenters. The summed E-state index contributed by atoms with van der Waals surface area (Å²) in [5, 5.41) is 0. The van der Waals surface area contributed by atoms with E-state index in [9.17, 15) is 4.79 Å². The van der Waals surface area contributed by atoms with Crippen LogP contribution in [-0.2, 0) is 0 Å². The van der Waals surface area contributed by atoms with Crippen LogP contribution in [0.3, 0.4) is 0 Å². The number of anilines is 1. The highest BCUT2D eigenvalue weighted by atomic mass is 16.5. The fraction of sp³-hybridized carbons (Fsp3) is 0.188. The van der Waals surface area contributed by atoms with Crippen LogP contribution in [0.4, 0.5) is 5.69 Å². The molecule has 0 heterocycles. The SMILES string of the molecule is COc1cc(C)c(C(=O)c2ccccc2N)c(C)c1. The predicted molar refractivity (Wildman–Crippen MR) is 76.8 cm³/mol. The lowest BCUT2D eigenvalue weighted by Gasteiger charge is -2.12. The molecule has 0 aliphatic carbocycles. The quantitative estimate of drug-likeness (QED) is 0.677. The normalized spacial score (nSPS) is 10.3. The van der Waals surface area contributed by atoms with Crippen LogP contribution < -0.4 is 10.5 Å². The molecule has 3 heteroatoms. The first kappa shape index (κ1) is 13.1. The maximum Gasteiger partial charge on any atom is 0.195 e. The van der Waals surface area contributed by atoms with Crippen molar-refractivity contribution in [2.45, 2.75) is 13.8 Å². The Balaban J connectivity index is 2.54. The molecule has 19 heavy (non-hydrogen) atoms. The van der Waals surface area contributed by atoms with Gasteiger partial charge in [-0.1, -0.05) is 12.1 Å². The van der Waals surface area contributed by atoms with E-state index < -0.39 is 0 Å². The minimum Gasteiger partial charge on any atom is -0.497 e. The van der Waals surface area contributed by atoms with E-state index in [1.807, 2.05) is 38.1 Å². The highest BCUT2D eigenvalue weighted by molar-refractivity contribution is 6.13. The third kappa shape index (κ3) is 2.45. The summed E-state index contributed by atoms with van der Waals surface area (Å²) in [4.78, 5) is 12.6. The zero-order valence-electron chi connectivity index (χ0n) is 11.4. The van der Waals surface area contributed by atoms with E-state index in [2.05, 4.69) is 0 Å². The van der Waals surface area contributed by atoms with Gasteiger partial charge in [0.15, 0.2) is 5.78 Å². The molecule has 0 aliphatic heterocycles. The van der Waals surface area contributed by atoms with Gasteiger partial charge in [-0.2, -0.15) is 0 Å². The number of carbonyl (C=O) groups excluding carboxylic acids is 1. The molecule has 0 saturated carbocycles. The van der Waals surface area contributed by atoms with Crippen molar-refractivity contribution in [2.75, 3.05) is 12.8 Å². The van der Waals surface area contributed by atoms with E-state index in [1.54, 1.807) is 19.2 Å². The molecule has 0 aliphatic rings. The number of ether oxygens (including phenoxy) is 1. The van der Waals surface area contributed by atoms with Gasteiger partial charge in [-0.25, -0.2) is 0 Å². The standard InChI is InChI=1S/C16H17NO2/c1-10-8-12(19-3)9-11(2)15(10)16(18)13-6-4-5-7-14(13)17/h4-9H,17H2,1-3H3. The number of carbonyl (C=O) groups is 1. The summed E-state index contributed by atoms with van der Waals surface area (Å²) in [5.41, 5.74) is 9.39. The predicted octanol–water partition coefficient (Wildman–Crippen LogP) is 3.13. The number of nitrogen functional groups attached to an aromatic ring is 1. The van der Waals surface area contributed by atoms with Gasteiger partial charge in [0, 0.05) is 16.8 Å². The van der Waals surface area contributed by atoms with Crippen LogP contribution in [0.2, 0.25) is 0 Å². The number of methoxy groups -OCH3 is 1. The van der Waals surface area contributed by atoms with Crippen LogP contribution in [-0.4, -0.2) is 12.9 Å². The molecule has 0 aromatic heterocycles. The van der Waals surface area contributed by atoms with Crippen molar-refractivity contribution in [3.05, 3.63) is 58.7 Å². The lowest BCUT2D eigenvalue weighted by Crippen LogP contribution is -2.09. The van der Waals surface area contributed by atoms with Crippen molar-refractivity contribution in [1.29, 1.82) is 0 Å². The fourth-order valence-corrected chi connectivity index (χ4v) is 2.24. The van der Waals surface area contributed by atoms with Crippen LogP contribution in [0.25, 0.3) is 0 Å². The first-order valence-electron chi connectivity index (χ1n) is 6.09. The van der Waals surface area contributed by atoms with Gasteiger partial charge in [0.25, 0.3) is 0 Å². The van der Waals surface area contributed by atoms with Crippen molar-refractivity contribution in [3.8, 4) is 5.75 Å². The van der Waals surface area contributed by atoms with E-state index in [1.165, 1.54) is 0 Å². The van der Waals surface area contributed by atoms with E-state index in [-0.39, 0.29) is 5.78 Å². The summed E-state index contributed by atoms with van der Waals surface area (Å²) in [7, 11) is 1.62. The van der Waals surface area contributed by atoms with Crippen LogP contribution in [0.1, 0.15) is 27.0 Å². The Kier molecular flexibility index (Phi) is 3.56. The van der Waals surface area contributed by atoms with Gasteiger partial charge >= 0.3 is 0 Å². The molecule has 0 fully saturated rings. The van der Waals surface area contributed by atoms with Crippen molar-refractivity contribution in [2.24, 2.45) is 0 Å². The molecular weight excluding hydrogens is 238 g/mol. The molecule has 2 rings (SSSR count). The van der Waals surface area contributed by atoms with E-state index >= 15 is 0 Å². The molecule has 98 valence electrons. The summed E-state index contributed by atoms with van der Waals surface area (Å²) < 4.78 is 5.20. The van der Waals surface area contributed by atoms with E-state index in [0.29, 0.717) is 16.8 Å². The Morgan fingerprint density at radius 2 is 1.68 bits per heavy atom. The van der Waals surface area contributed by atoms with Crippen molar-refractivity contribution < 1.29 is 9.53 Å². The number of rotatable bonds is 3. The minimum atomic E-state index is -0.0456. The Labute approximate surface area is 113 Å². The molecule has 2 aromatic carbocycles. The lowest BCUT2D eigenvalue weighted by atomic mass is 9.94. The lowest BCUT2D eigenvalue weighted by molar-refractivity contribution is 0.103. The first-order valence-corrected chi connectivity index (χ1v) is 6.09. The van der Waals surface area contributed by atoms with Crippen molar-refractivity contribution >= 4 is 11.5 Å². The molecule has 3 nitrogen and oxygen atoms in total. The molecule has 0 radical (unpaired) electrons. The number of benzene rings is 2. The molecule has 0 unspecified atom stereocenters. The highest BCUT2D eigenvalue weighted by Crippen LogP contribution is 2.25. The van der Waals surface area contributed by atoms with Gasteiger partial charge < -0.3 is 10.5 Å². The summed E-state index contributed by atoms with van der Waals surface area (Å²) in [6.07, 6.45) is 0. The van der Waals surface area contributed by atoms with Gasteiger partial charge in [0.05, 0.1) is 7.11 Å². The largest absolute Gasteiger partial charge is 0.497 e. The number of para-hydroxylation sites is 1. The Morgan fingerprint density at radius 3 is 2.21 bits per heavy atom. The number of hydrogen-bond donors (Lipinski definition) is 1. The third-order valence-electron chi connectivity index (χ3n) is 3.17. The van der Waals surface area contributed by atoms with Gasteiger partial charge in [-0.15, -0.1) is 0 Å². The minimum absolute atomic E-state index is 0.0456. The van der Waals surface area contributed by atoms with Crippen molar-refractivity contribution in [1.82, 2.24) is 0 Å². The smallest absolute Gasteiger partial charge is 0.195 e.